The molecule has 0 aliphatic rings. The first-order valence-corrected chi connectivity index (χ1v) is 6.16. The third-order valence-corrected chi connectivity index (χ3v) is 2.86. The topological polar surface area (TPSA) is 29.5 Å². The summed E-state index contributed by atoms with van der Waals surface area (Å²) in [5, 5.41) is 9.07. The number of aliphatic hydroxyl groups excluding tert-OH is 1. The molecule has 18 heavy (non-hydrogen) atoms. The van der Waals surface area contributed by atoms with E-state index in [9.17, 15) is 0 Å². The quantitative estimate of drug-likeness (QED) is 0.874. The van der Waals surface area contributed by atoms with Gasteiger partial charge in [-0.15, -0.1) is 0 Å². The molecule has 2 rings (SSSR count). The molecule has 0 amide bonds. The van der Waals surface area contributed by atoms with Crippen molar-refractivity contribution < 1.29 is 9.84 Å². The second kappa shape index (κ2) is 5.69. The summed E-state index contributed by atoms with van der Waals surface area (Å²) in [7, 11) is 0. The van der Waals surface area contributed by atoms with Crippen LogP contribution in [0, 0.1) is 0 Å². The predicted octanol–water partition coefficient (Wildman–Crippen LogP) is 4.09. The van der Waals surface area contributed by atoms with Gasteiger partial charge in [-0.1, -0.05) is 38.1 Å². The Morgan fingerprint density at radius 1 is 1.00 bits per heavy atom. The highest BCUT2D eigenvalue weighted by molar-refractivity contribution is 5.35. The van der Waals surface area contributed by atoms with Gasteiger partial charge in [-0.3, -0.25) is 0 Å². The van der Waals surface area contributed by atoms with E-state index in [4.69, 9.17) is 9.84 Å². The van der Waals surface area contributed by atoms with Crippen LogP contribution in [0.15, 0.2) is 48.5 Å². The monoisotopic (exact) mass is 242 g/mol. The van der Waals surface area contributed by atoms with Crippen molar-refractivity contribution in [3.8, 4) is 11.5 Å². The molecule has 0 unspecified atom stereocenters. The summed E-state index contributed by atoms with van der Waals surface area (Å²) in [6.07, 6.45) is 0. The fourth-order valence-corrected chi connectivity index (χ4v) is 1.76. The number of aliphatic hydroxyl groups is 1. The lowest BCUT2D eigenvalue weighted by molar-refractivity contribution is 0.281. The average molecular weight is 242 g/mol. The van der Waals surface area contributed by atoms with Crippen LogP contribution in [0.5, 0.6) is 11.5 Å². The van der Waals surface area contributed by atoms with Crippen LogP contribution < -0.4 is 4.74 Å². The van der Waals surface area contributed by atoms with Gasteiger partial charge in [-0.2, -0.15) is 0 Å². The summed E-state index contributed by atoms with van der Waals surface area (Å²) in [6, 6.07) is 15.6. The van der Waals surface area contributed by atoms with Gasteiger partial charge in [-0.05, 0) is 41.3 Å². The number of benzene rings is 2. The molecule has 0 heterocycles. The van der Waals surface area contributed by atoms with Crippen LogP contribution in [-0.4, -0.2) is 5.11 Å². The molecule has 0 aliphatic carbocycles. The van der Waals surface area contributed by atoms with Crippen LogP contribution in [0.2, 0.25) is 0 Å². The summed E-state index contributed by atoms with van der Waals surface area (Å²) in [5.74, 6) is 2.09. The Bertz CT molecular complexity index is 501. The molecule has 2 aromatic carbocycles. The van der Waals surface area contributed by atoms with Gasteiger partial charge in [-0.25, -0.2) is 0 Å². The minimum absolute atomic E-state index is 0.0312. The maximum Gasteiger partial charge on any atom is 0.127 e. The van der Waals surface area contributed by atoms with E-state index >= 15 is 0 Å². The molecule has 2 aromatic rings. The molecule has 0 atom stereocenters. The molecular formula is C16H18O2. The van der Waals surface area contributed by atoms with Crippen molar-refractivity contribution in [2.24, 2.45) is 0 Å². The molecule has 0 aliphatic heterocycles. The summed E-state index contributed by atoms with van der Waals surface area (Å²) in [6.45, 7) is 4.37. The van der Waals surface area contributed by atoms with Gasteiger partial charge in [0.15, 0.2) is 0 Å². The zero-order valence-electron chi connectivity index (χ0n) is 10.8. The van der Waals surface area contributed by atoms with E-state index in [1.807, 2.05) is 36.4 Å². The van der Waals surface area contributed by atoms with Gasteiger partial charge in [0.1, 0.15) is 11.5 Å². The largest absolute Gasteiger partial charge is 0.457 e. The summed E-state index contributed by atoms with van der Waals surface area (Å²) in [4.78, 5) is 0. The normalized spacial score (nSPS) is 10.7. The SMILES string of the molecule is CC(C)c1ccc(Oc2cccc(CO)c2)cc1. The predicted molar refractivity (Wildman–Crippen MR) is 73.0 cm³/mol. The van der Waals surface area contributed by atoms with Crippen LogP contribution in [0.3, 0.4) is 0 Å². The van der Waals surface area contributed by atoms with Gasteiger partial charge < -0.3 is 9.84 Å². The summed E-state index contributed by atoms with van der Waals surface area (Å²) in [5.41, 5.74) is 2.15. The van der Waals surface area contributed by atoms with Gasteiger partial charge >= 0.3 is 0 Å². The maximum atomic E-state index is 9.07. The zero-order chi connectivity index (χ0) is 13.0. The van der Waals surface area contributed by atoms with Crippen molar-refractivity contribution in [2.45, 2.75) is 26.4 Å². The Morgan fingerprint density at radius 3 is 2.33 bits per heavy atom. The Kier molecular flexibility index (Phi) is 4.00. The van der Waals surface area contributed by atoms with Crippen LogP contribution in [-0.2, 0) is 6.61 Å². The molecule has 2 heteroatoms. The molecular weight excluding hydrogens is 224 g/mol. The van der Waals surface area contributed by atoms with Crippen molar-refractivity contribution >= 4 is 0 Å². The lowest BCUT2D eigenvalue weighted by Crippen LogP contribution is -1.89. The van der Waals surface area contributed by atoms with Gasteiger partial charge in [0.25, 0.3) is 0 Å². The van der Waals surface area contributed by atoms with E-state index in [1.54, 1.807) is 0 Å². The molecule has 0 aromatic heterocycles. The molecule has 0 saturated carbocycles. The minimum atomic E-state index is 0.0312. The highest BCUT2D eigenvalue weighted by Gasteiger charge is 2.01. The lowest BCUT2D eigenvalue weighted by Gasteiger charge is -2.09. The fourth-order valence-electron chi connectivity index (χ4n) is 1.76. The first-order valence-electron chi connectivity index (χ1n) is 6.16. The minimum Gasteiger partial charge on any atom is -0.457 e. The van der Waals surface area contributed by atoms with Gasteiger partial charge in [0.05, 0.1) is 6.61 Å². The Morgan fingerprint density at radius 2 is 1.72 bits per heavy atom. The molecule has 1 N–H and O–H groups in total. The number of hydrogen-bond donors (Lipinski definition) is 1. The highest BCUT2D eigenvalue weighted by atomic mass is 16.5. The van der Waals surface area contributed by atoms with Crippen molar-refractivity contribution in [3.63, 3.8) is 0 Å². The molecule has 0 radical (unpaired) electrons. The van der Waals surface area contributed by atoms with Crippen molar-refractivity contribution in [1.29, 1.82) is 0 Å². The summed E-state index contributed by atoms with van der Waals surface area (Å²) < 4.78 is 5.74. The zero-order valence-corrected chi connectivity index (χ0v) is 10.8. The number of hydrogen-bond acceptors (Lipinski definition) is 2. The first kappa shape index (κ1) is 12.7. The van der Waals surface area contributed by atoms with Gasteiger partial charge in [0, 0.05) is 0 Å². The van der Waals surface area contributed by atoms with E-state index in [0.29, 0.717) is 5.92 Å². The molecule has 0 fully saturated rings. The molecule has 0 saturated heterocycles. The Hall–Kier alpha value is -1.80. The van der Waals surface area contributed by atoms with Crippen LogP contribution in [0.25, 0.3) is 0 Å². The standard InChI is InChI=1S/C16H18O2/c1-12(2)14-6-8-15(9-7-14)18-16-5-3-4-13(10-16)11-17/h3-10,12,17H,11H2,1-2H3. The third kappa shape index (κ3) is 3.11. The van der Waals surface area contributed by atoms with Crippen molar-refractivity contribution in [2.75, 3.05) is 0 Å². The fraction of sp³-hybridized carbons (Fsp3) is 0.250. The first-order chi connectivity index (χ1) is 8.69. The Balaban J connectivity index is 2.13. The summed E-state index contributed by atoms with van der Waals surface area (Å²) >= 11 is 0. The van der Waals surface area contributed by atoms with Crippen LogP contribution in [0.1, 0.15) is 30.9 Å². The van der Waals surface area contributed by atoms with E-state index in [1.165, 1.54) is 5.56 Å². The van der Waals surface area contributed by atoms with Crippen LogP contribution >= 0.6 is 0 Å². The second-order valence-electron chi connectivity index (χ2n) is 4.63. The Labute approximate surface area is 108 Å². The molecule has 0 spiro atoms. The number of ether oxygens (including phenoxy) is 1. The van der Waals surface area contributed by atoms with E-state index in [0.717, 1.165) is 17.1 Å². The average Bonchev–Trinajstić information content (AvgIpc) is 2.39. The molecule has 2 nitrogen and oxygen atoms in total. The number of rotatable bonds is 4. The third-order valence-electron chi connectivity index (χ3n) is 2.86. The van der Waals surface area contributed by atoms with Crippen molar-refractivity contribution in [1.82, 2.24) is 0 Å². The smallest absolute Gasteiger partial charge is 0.127 e. The lowest BCUT2D eigenvalue weighted by atomic mass is 10.0. The van der Waals surface area contributed by atoms with E-state index < -0.39 is 0 Å². The van der Waals surface area contributed by atoms with E-state index in [2.05, 4.69) is 26.0 Å². The van der Waals surface area contributed by atoms with E-state index in [-0.39, 0.29) is 6.61 Å². The van der Waals surface area contributed by atoms with Crippen molar-refractivity contribution in [3.05, 3.63) is 59.7 Å². The highest BCUT2D eigenvalue weighted by Crippen LogP contribution is 2.24. The molecule has 0 bridgehead atoms. The van der Waals surface area contributed by atoms with Gasteiger partial charge in [0.2, 0.25) is 0 Å². The van der Waals surface area contributed by atoms with Crippen LogP contribution in [0.4, 0.5) is 0 Å². The second-order valence-corrected chi connectivity index (χ2v) is 4.63. The molecule has 94 valence electrons. The maximum absolute atomic E-state index is 9.07.